The Morgan fingerprint density at radius 1 is 1.18 bits per heavy atom. The third-order valence-electron chi connectivity index (χ3n) is 6.67. The number of rotatable bonds is 5. The molecular weight excluding hydrogens is 452 g/mol. The molecule has 3 heterocycles. The molecular formula is C25H28N4O2S2. The van der Waals surface area contributed by atoms with Gasteiger partial charge in [-0.2, -0.15) is 5.10 Å². The first-order valence-corrected chi connectivity index (χ1v) is 13.5. The van der Waals surface area contributed by atoms with Crippen molar-refractivity contribution in [2.45, 2.75) is 62.0 Å². The Hall–Kier alpha value is -2.58. The molecule has 1 aromatic carbocycles. The highest BCUT2D eigenvalue weighted by atomic mass is 32.2. The molecule has 5 rings (SSSR count). The van der Waals surface area contributed by atoms with Crippen LogP contribution in [0.1, 0.15) is 49.5 Å². The molecule has 1 aliphatic carbocycles. The molecule has 1 fully saturated rings. The Balaban J connectivity index is 1.57. The Labute approximate surface area is 202 Å². The number of anilines is 1. The molecule has 1 atom stereocenters. The van der Waals surface area contributed by atoms with Crippen LogP contribution in [0.2, 0.25) is 0 Å². The zero-order chi connectivity index (χ0) is 23.0. The molecule has 2 amide bonds. The summed E-state index contributed by atoms with van der Waals surface area (Å²) < 4.78 is 1.72. The Morgan fingerprint density at radius 3 is 2.73 bits per heavy atom. The number of carbonyl (C=O) groups is 2. The molecule has 1 saturated carbocycles. The second kappa shape index (κ2) is 8.99. The first-order chi connectivity index (χ1) is 16.0. The number of hydrogen-bond acceptors (Lipinski definition) is 5. The van der Waals surface area contributed by atoms with Crippen LogP contribution in [0.5, 0.6) is 0 Å². The van der Waals surface area contributed by atoms with Crippen LogP contribution in [-0.2, 0) is 11.3 Å². The quantitative estimate of drug-likeness (QED) is 0.510. The molecule has 33 heavy (non-hydrogen) atoms. The topological polar surface area (TPSA) is 67.2 Å². The summed E-state index contributed by atoms with van der Waals surface area (Å²) in [7, 11) is 0. The Kier molecular flexibility index (Phi) is 6.05. The van der Waals surface area contributed by atoms with Crippen molar-refractivity contribution in [3.05, 3.63) is 53.5 Å². The van der Waals surface area contributed by atoms with E-state index in [2.05, 4.69) is 5.32 Å². The number of nitrogens with zero attached hydrogens (tertiary/aromatic N) is 3. The first-order valence-electron chi connectivity index (χ1n) is 11.4. The number of amides is 2. The largest absolute Gasteiger partial charge is 0.351 e. The van der Waals surface area contributed by atoms with Crippen molar-refractivity contribution in [1.82, 2.24) is 15.1 Å². The van der Waals surface area contributed by atoms with Crippen molar-refractivity contribution < 1.29 is 9.59 Å². The molecule has 3 aromatic rings. The lowest BCUT2D eigenvalue weighted by atomic mass is 9.91. The monoisotopic (exact) mass is 480 g/mol. The maximum Gasteiger partial charge on any atom is 0.277 e. The van der Waals surface area contributed by atoms with Gasteiger partial charge in [-0.25, -0.2) is 0 Å². The summed E-state index contributed by atoms with van der Waals surface area (Å²) in [6.07, 6.45) is 7.48. The normalized spacial score (nSPS) is 21.2. The van der Waals surface area contributed by atoms with Gasteiger partial charge in [0.1, 0.15) is 16.9 Å². The molecule has 1 N–H and O–H groups in total. The van der Waals surface area contributed by atoms with Crippen molar-refractivity contribution in [3.63, 3.8) is 0 Å². The summed E-state index contributed by atoms with van der Waals surface area (Å²) in [5, 5.41) is 9.99. The minimum atomic E-state index is -1.09. The van der Waals surface area contributed by atoms with E-state index in [0.717, 1.165) is 46.8 Å². The van der Waals surface area contributed by atoms with Gasteiger partial charge < -0.3 is 5.32 Å². The van der Waals surface area contributed by atoms with E-state index in [-0.39, 0.29) is 17.9 Å². The van der Waals surface area contributed by atoms with Gasteiger partial charge in [-0.3, -0.25) is 19.2 Å². The van der Waals surface area contributed by atoms with Crippen LogP contribution in [0, 0.1) is 0 Å². The minimum Gasteiger partial charge on any atom is -0.351 e. The number of aromatic nitrogens is 2. The number of fused-ring (bicyclic) bond motifs is 1. The fourth-order valence-corrected chi connectivity index (χ4v) is 6.00. The lowest BCUT2D eigenvalue weighted by molar-refractivity contribution is -0.127. The van der Waals surface area contributed by atoms with Gasteiger partial charge in [0.2, 0.25) is 5.91 Å². The summed E-state index contributed by atoms with van der Waals surface area (Å²) >= 11 is 3.21. The van der Waals surface area contributed by atoms with Crippen molar-refractivity contribution in [2.75, 3.05) is 11.2 Å². The zero-order valence-corrected chi connectivity index (χ0v) is 20.5. The fraction of sp³-hybridized carbons (Fsp3) is 0.400. The third-order valence-corrected chi connectivity index (χ3v) is 8.29. The van der Waals surface area contributed by atoms with E-state index in [1.807, 2.05) is 61.0 Å². The van der Waals surface area contributed by atoms with E-state index < -0.39 is 5.54 Å². The van der Waals surface area contributed by atoms with Crippen LogP contribution in [-0.4, -0.2) is 39.4 Å². The summed E-state index contributed by atoms with van der Waals surface area (Å²) in [6.45, 7) is 2.17. The van der Waals surface area contributed by atoms with E-state index in [9.17, 15) is 9.59 Å². The summed E-state index contributed by atoms with van der Waals surface area (Å²) in [6, 6.07) is 13.8. The van der Waals surface area contributed by atoms with E-state index in [4.69, 9.17) is 5.10 Å². The van der Waals surface area contributed by atoms with Crippen molar-refractivity contribution in [2.24, 2.45) is 0 Å². The maximum absolute atomic E-state index is 13.9. The predicted molar refractivity (Wildman–Crippen MR) is 134 cm³/mol. The van der Waals surface area contributed by atoms with Crippen LogP contribution in [0.3, 0.4) is 0 Å². The lowest BCUT2D eigenvalue weighted by Crippen LogP contribution is -2.65. The molecule has 0 radical (unpaired) electrons. The average molecular weight is 481 g/mol. The molecule has 2 aliphatic rings. The molecule has 0 spiro atoms. The molecule has 1 aliphatic heterocycles. The number of thioether (sulfide) groups is 1. The summed E-state index contributed by atoms with van der Waals surface area (Å²) in [4.78, 5) is 31.4. The van der Waals surface area contributed by atoms with Crippen molar-refractivity contribution >= 4 is 40.6 Å². The number of nitrogens with one attached hydrogen (secondary N) is 1. The molecule has 1 unspecified atom stereocenters. The third kappa shape index (κ3) is 4.10. The number of carbonyl (C=O) groups excluding carboxylic acids is 2. The van der Waals surface area contributed by atoms with E-state index in [1.165, 1.54) is 6.42 Å². The van der Waals surface area contributed by atoms with Gasteiger partial charge in [0.25, 0.3) is 5.91 Å². The standard InChI is InChI=1S/C25H28N4O2S2/c1-25(24(31)26-17-8-4-3-5-9-17)16-28-21(15-20(27-28)22-12-7-13-33-22)23(30)29(25)18-10-6-11-19(14-18)32-2/h6-7,10-15,17H,3-5,8-9,16H2,1-2H3,(H,26,31). The molecule has 8 heteroatoms. The van der Waals surface area contributed by atoms with Gasteiger partial charge in [0, 0.05) is 16.6 Å². The Morgan fingerprint density at radius 2 is 2.00 bits per heavy atom. The van der Waals surface area contributed by atoms with E-state index in [1.54, 1.807) is 32.7 Å². The highest BCUT2D eigenvalue weighted by Crippen LogP contribution is 2.36. The van der Waals surface area contributed by atoms with Gasteiger partial charge >= 0.3 is 0 Å². The van der Waals surface area contributed by atoms with Crippen molar-refractivity contribution in [3.8, 4) is 10.6 Å². The highest BCUT2D eigenvalue weighted by Gasteiger charge is 2.49. The van der Waals surface area contributed by atoms with Crippen LogP contribution >= 0.6 is 23.1 Å². The SMILES string of the molecule is CSc1cccc(N2C(=O)c3cc(-c4cccs4)nn3CC2(C)C(=O)NC2CCCCC2)c1. The van der Waals surface area contributed by atoms with Crippen LogP contribution in [0.15, 0.2) is 52.7 Å². The van der Waals surface area contributed by atoms with E-state index in [0.29, 0.717) is 12.2 Å². The van der Waals surface area contributed by atoms with Gasteiger partial charge in [0.15, 0.2) is 0 Å². The first kappa shape index (κ1) is 22.2. The molecule has 0 saturated heterocycles. The van der Waals surface area contributed by atoms with Gasteiger partial charge in [-0.15, -0.1) is 23.1 Å². The summed E-state index contributed by atoms with van der Waals surface area (Å²) in [5.41, 5.74) is 0.925. The maximum atomic E-state index is 13.9. The average Bonchev–Trinajstić information content (AvgIpc) is 3.50. The molecule has 2 aromatic heterocycles. The van der Waals surface area contributed by atoms with Crippen LogP contribution in [0.25, 0.3) is 10.6 Å². The number of benzene rings is 1. The number of thiophene rings is 1. The van der Waals surface area contributed by atoms with E-state index >= 15 is 0 Å². The predicted octanol–water partition coefficient (Wildman–Crippen LogP) is 5.20. The number of hydrogen-bond donors (Lipinski definition) is 1. The molecule has 172 valence electrons. The molecule has 0 bridgehead atoms. The molecule has 6 nitrogen and oxygen atoms in total. The van der Waals surface area contributed by atoms with Gasteiger partial charge in [-0.1, -0.05) is 31.4 Å². The van der Waals surface area contributed by atoms with Gasteiger partial charge in [-0.05, 0) is 61.7 Å². The second-order valence-electron chi connectivity index (χ2n) is 8.97. The minimum absolute atomic E-state index is 0.115. The fourth-order valence-electron chi connectivity index (χ4n) is 4.87. The highest BCUT2D eigenvalue weighted by molar-refractivity contribution is 7.98. The van der Waals surface area contributed by atoms with Crippen LogP contribution in [0.4, 0.5) is 5.69 Å². The van der Waals surface area contributed by atoms with Crippen LogP contribution < -0.4 is 10.2 Å². The smallest absolute Gasteiger partial charge is 0.277 e. The van der Waals surface area contributed by atoms with Crippen molar-refractivity contribution in [1.29, 1.82) is 0 Å². The summed E-state index contributed by atoms with van der Waals surface area (Å²) in [5.74, 6) is -0.313. The second-order valence-corrected chi connectivity index (χ2v) is 10.8. The Bertz CT molecular complexity index is 1170. The van der Waals surface area contributed by atoms with Gasteiger partial charge in [0.05, 0.1) is 11.4 Å². The zero-order valence-electron chi connectivity index (χ0n) is 18.9. The lowest BCUT2D eigenvalue weighted by Gasteiger charge is -2.44.